The Morgan fingerprint density at radius 2 is 2.00 bits per heavy atom. The molecule has 0 aliphatic carbocycles. The van der Waals surface area contributed by atoms with Crippen LogP contribution < -0.4 is 10.0 Å². The zero-order valence-corrected chi connectivity index (χ0v) is 15.7. The molecule has 0 spiro atoms. The van der Waals surface area contributed by atoms with Gasteiger partial charge in [0.1, 0.15) is 22.4 Å². The standard InChI is InChI=1S/C20H16FN3O3S/c1-2-24-16-9-4-3-8-14(16)18-19(28(24,25)26)17(15(11-22)20(23)27-18)12-6-5-7-13(21)10-12/h3-10,17H,2,23H2,1H3/t17-/m0/s1. The van der Waals surface area contributed by atoms with Gasteiger partial charge in [0.25, 0.3) is 10.0 Å². The van der Waals surface area contributed by atoms with Gasteiger partial charge in [0, 0.05) is 12.1 Å². The van der Waals surface area contributed by atoms with Gasteiger partial charge in [-0.1, -0.05) is 24.3 Å². The van der Waals surface area contributed by atoms with Crippen LogP contribution in [0.5, 0.6) is 0 Å². The minimum Gasteiger partial charge on any atom is -0.439 e. The monoisotopic (exact) mass is 397 g/mol. The first-order chi connectivity index (χ1) is 13.4. The zero-order chi connectivity index (χ0) is 20.1. The SMILES string of the molecule is CCN1c2ccccc2C2=C([C@@H](c3cccc(F)c3)C(C#N)=C(N)O2)S1(=O)=O. The molecule has 2 heterocycles. The summed E-state index contributed by atoms with van der Waals surface area (Å²) in [6, 6.07) is 14.3. The molecule has 0 bridgehead atoms. The van der Waals surface area contributed by atoms with Crippen LogP contribution in [0.1, 0.15) is 24.0 Å². The van der Waals surface area contributed by atoms with E-state index in [4.69, 9.17) is 10.5 Å². The first kappa shape index (κ1) is 18.1. The van der Waals surface area contributed by atoms with Crippen molar-refractivity contribution in [1.82, 2.24) is 0 Å². The van der Waals surface area contributed by atoms with Crippen LogP contribution >= 0.6 is 0 Å². The van der Waals surface area contributed by atoms with E-state index in [1.165, 1.54) is 22.5 Å². The van der Waals surface area contributed by atoms with Crippen LogP contribution in [0, 0.1) is 17.1 Å². The molecule has 2 aliphatic rings. The van der Waals surface area contributed by atoms with Crippen LogP contribution in [0.15, 0.2) is 64.9 Å². The van der Waals surface area contributed by atoms with Gasteiger partial charge in [-0.25, -0.2) is 12.8 Å². The molecule has 2 N–H and O–H groups in total. The molecule has 0 radical (unpaired) electrons. The highest BCUT2D eigenvalue weighted by Crippen LogP contribution is 2.50. The van der Waals surface area contributed by atoms with Crippen LogP contribution in [-0.4, -0.2) is 15.0 Å². The number of sulfonamides is 1. The van der Waals surface area contributed by atoms with E-state index in [1.807, 2.05) is 6.07 Å². The average molecular weight is 397 g/mol. The lowest BCUT2D eigenvalue weighted by atomic mass is 9.88. The topological polar surface area (TPSA) is 96.4 Å². The summed E-state index contributed by atoms with van der Waals surface area (Å²) in [6.07, 6.45) is 0. The third-order valence-electron chi connectivity index (χ3n) is 4.83. The van der Waals surface area contributed by atoms with E-state index in [0.29, 0.717) is 16.8 Å². The number of para-hydroxylation sites is 1. The predicted octanol–water partition coefficient (Wildman–Crippen LogP) is 3.17. The summed E-state index contributed by atoms with van der Waals surface area (Å²) in [6.45, 7) is 1.91. The number of nitrogens with two attached hydrogens (primary N) is 1. The fourth-order valence-corrected chi connectivity index (χ4v) is 5.60. The molecule has 4 rings (SSSR count). The van der Waals surface area contributed by atoms with Gasteiger partial charge in [-0.15, -0.1) is 0 Å². The van der Waals surface area contributed by atoms with Gasteiger partial charge in [0.05, 0.1) is 11.6 Å². The van der Waals surface area contributed by atoms with Gasteiger partial charge < -0.3 is 10.5 Å². The number of ether oxygens (including phenoxy) is 1. The van der Waals surface area contributed by atoms with Crippen molar-refractivity contribution in [2.75, 3.05) is 10.8 Å². The molecule has 0 saturated carbocycles. The van der Waals surface area contributed by atoms with Crippen molar-refractivity contribution in [3.63, 3.8) is 0 Å². The van der Waals surface area contributed by atoms with E-state index in [1.54, 1.807) is 37.3 Å². The third-order valence-corrected chi connectivity index (χ3v) is 6.84. The maximum atomic E-state index is 13.9. The lowest BCUT2D eigenvalue weighted by Gasteiger charge is -2.37. The molecule has 1 atom stereocenters. The molecule has 8 heteroatoms. The van der Waals surface area contributed by atoms with Crippen LogP contribution in [-0.2, 0) is 14.8 Å². The Morgan fingerprint density at radius 3 is 2.68 bits per heavy atom. The first-order valence-corrected chi connectivity index (χ1v) is 10.0. The van der Waals surface area contributed by atoms with Crippen molar-refractivity contribution >= 4 is 21.5 Å². The number of nitrogens with zero attached hydrogens (tertiary/aromatic N) is 2. The molecule has 2 aliphatic heterocycles. The number of anilines is 1. The normalized spacial score (nSPS) is 20.2. The smallest absolute Gasteiger partial charge is 0.265 e. The Labute approximate surface area is 162 Å². The molecule has 0 amide bonds. The largest absolute Gasteiger partial charge is 0.439 e. The quantitative estimate of drug-likeness (QED) is 0.840. The number of hydrogen-bond acceptors (Lipinski definition) is 5. The average Bonchev–Trinajstić information content (AvgIpc) is 2.67. The van der Waals surface area contributed by atoms with Crippen molar-refractivity contribution in [2.24, 2.45) is 5.73 Å². The summed E-state index contributed by atoms with van der Waals surface area (Å²) in [5, 5.41) is 9.65. The highest BCUT2D eigenvalue weighted by molar-refractivity contribution is 7.97. The summed E-state index contributed by atoms with van der Waals surface area (Å²) in [4.78, 5) is -0.107. The number of nitriles is 1. The maximum Gasteiger partial charge on any atom is 0.265 e. The molecule has 0 aromatic heterocycles. The second kappa shape index (κ2) is 6.39. The molecule has 6 nitrogen and oxygen atoms in total. The lowest BCUT2D eigenvalue weighted by Crippen LogP contribution is -2.39. The predicted molar refractivity (Wildman–Crippen MR) is 102 cm³/mol. The molecule has 142 valence electrons. The van der Waals surface area contributed by atoms with Crippen molar-refractivity contribution in [2.45, 2.75) is 12.8 Å². The maximum absolute atomic E-state index is 13.9. The second-order valence-corrected chi connectivity index (χ2v) is 8.19. The van der Waals surface area contributed by atoms with Crippen LogP contribution in [0.25, 0.3) is 5.76 Å². The van der Waals surface area contributed by atoms with Gasteiger partial charge in [0.15, 0.2) is 5.76 Å². The van der Waals surface area contributed by atoms with Crippen LogP contribution in [0.2, 0.25) is 0 Å². The van der Waals surface area contributed by atoms with Crippen molar-refractivity contribution < 1.29 is 17.5 Å². The molecule has 2 aromatic rings. The van der Waals surface area contributed by atoms with Gasteiger partial charge in [-0.05, 0) is 36.8 Å². The Balaban J connectivity index is 2.09. The number of allylic oxidation sites excluding steroid dienone is 2. The van der Waals surface area contributed by atoms with Gasteiger partial charge in [-0.3, -0.25) is 4.31 Å². The van der Waals surface area contributed by atoms with Crippen LogP contribution in [0.3, 0.4) is 0 Å². The Bertz CT molecular complexity index is 1200. The van der Waals surface area contributed by atoms with Crippen molar-refractivity contribution in [3.8, 4) is 6.07 Å². The molecule has 0 unspecified atom stereocenters. The number of halogens is 1. The van der Waals surface area contributed by atoms with Crippen molar-refractivity contribution in [3.05, 3.63) is 81.8 Å². The van der Waals surface area contributed by atoms with E-state index in [9.17, 15) is 18.1 Å². The summed E-state index contributed by atoms with van der Waals surface area (Å²) in [5.74, 6) is -1.71. The summed E-state index contributed by atoms with van der Waals surface area (Å²) in [5.41, 5.74) is 7.24. The lowest BCUT2D eigenvalue weighted by molar-refractivity contribution is 0.357. The number of hydrogen-bond donors (Lipinski definition) is 1. The third kappa shape index (κ3) is 2.47. The highest BCUT2D eigenvalue weighted by atomic mass is 32.2. The van der Waals surface area contributed by atoms with Gasteiger partial charge >= 0.3 is 0 Å². The van der Waals surface area contributed by atoms with Gasteiger partial charge in [-0.2, -0.15) is 5.26 Å². The molecule has 0 saturated heterocycles. The number of fused-ring (bicyclic) bond motifs is 2. The fraction of sp³-hybridized carbons (Fsp3) is 0.150. The van der Waals surface area contributed by atoms with E-state index in [2.05, 4.69) is 0 Å². The Hall–Kier alpha value is -3.31. The van der Waals surface area contributed by atoms with E-state index >= 15 is 0 Å². The minimum atomic E-state index is -4.04. The Kier molecular flexibility index (Phi) is 4.12. The van der Waals surface area contributed by atoms with Gasteiger partial charge in [0.2, 0.25) is 5.88 Å². The van der Waals surface area contributed by atoms with E-state index < -0.39 is 21.8 Å². The minimum absolute atomic E-state index is 0.0663. The molecule has 2 aromatic carbocycles. The van der Waals surface area contributed by atoms with E-state index in [-0.39, 0.29) is 28.7 Å². The van der Waals surface area contributed by atoms with Crippen LogP contribution in [0.4, 0.5) is 10.1 Å². The summed E-state index contributed by atoms with van der Waals surface area (Å²) < 4.78 is 47.8. The first-order valence-electron chi connectivity index (χ1n) is 8.59. The summed E-state index contributed by atoms with van der Waals surface area (Å²) >= 11 is 0. The Morgan fingerprint density at radius 1 is 1.25 bits per heavy atom. The number of benzene rings is 2. The molecule has 0 fully saturated rings. The van der Waals surface area contributed by atoms with E-state index in [0.717, 1.165) is 0 Å². The highest BCUT2D eigenvalue weighted by Gasteiger charge is 2.46. The fourth-order valence-electron chi connectivity index (χ4n) is 3.67. The number of rotatable bonds is 2. The van der Waals surface area contributed by atoms with Crippen molar-refractivity contribution in [1.29, 1.82) is 5.26 Å². The summed E-state index contributed by atoms with van der Waals surface area (Å²) in [7, 11) is -4.04. The zero-order valence-electron chi connectivity index (χ0n) is 14.9. The molecular weight excluding hydrogens is 381 g/mol. The molecular formula is C20H16FN3O3S. The molecule has 28 heavy (non-hydrogen) atoms. The second-order valence-electron chi connectivity index (χ2n) is 6.36.